The Hall–Kier alpha value is -0.630. The molecule has 4 fully saturated rings. The Labute approximate surface area is 117 Å². The van der Waals surface area contributed by atoms with Crippen LogP contribution >= 0.6 is 0 Å². The van der Waals surface area contributed by atoms with Gasteiger partial charge in [0.05, 0.1) is 6.54 Å². The molecule has 0 aromatic heterocycles. The highest BCUT2D eigenvalue weighted by atomic mass is 15.2. The van der Waals surface area contributed by atoms with Crippen LogP contribution in [0.4, 0.5) is 0 Å². The molecule has 7 unspecified atom stereocenters. The van der Waals surface area contributed by atoms with E-state index in [1.807, 2.05) is 0 Å². The molecule has 4 heterocycles. The molecule has 1 saturated carbocycles. The Morgan fingerprint density at radius 3 is 3.05 bits per heavy atom. The van der Waals surface area contributed by atoms with Crippen molar-refractivity contribution in [2.24, 2.45) is 34.6 Å². The summed E-state index contributed by atoms with van der Waals surface area (Å²) in [5, 5.41) is 0. The van der Waals surface area contributed by atoms with Crippen LogP contribution in [0.15, 0.2) is 17.1 Å². The van der Waals surface area contributed by atoms with Crippen LogP contribution in [-0.2, 0) is 0 Å². The highest BCUT2D eigenvalue weighted by molar-refractivity contribution is 5.94. The van der Waals surface area contributed by atoms with Crippen LogP contribution in [0.5, 0.6) is 0 Å². The maximum atomic E-state index is 4.92. The lowest BCUT2D eigenvalue weighted by molar-refractivity contribution is -0.0576. The van der Waals surface area contributed by atoms with Crippen molar-refractivity contribution in [3.63, 3.8) is 0 Å². The molecule has 5 aliphatic rings. The van der Waals surface area contributed by atoms with E-state index >= 15 is 0 Å². The minimum atomic E-state index is 0.627. The fraction of sp³-hybridized carbons (Fsp3) is 0.824. The first-order valence-electron chi connectivity index (χ1n) is 8.16. The van der Waals surface area contributed by atoms with Gasteiger partial charge in [0.1, 0.15) is 0 Å². The molecule has 0 radical (unpaired) electrons. The summed E-state index contributed by atoms with van der Waals surface area (Å²) in [5.41, 5.74) is 2.94. The van der Waals surface area contributed by atoms with Crippen LogP contribution in [0, 0.1) is 29.6 Å². The topological polar surface area (TPSA) is 15.6 Å². The van der Waals surface area contributed by atoms with Crippen molar-refractivity contribution in [1.82, 2.24) is 4.90 Å². The van der Waals surface area contributed by atoms with Gasteiger partial charge >= 0.3 is 0 Å². The molecule has 0 N–H and O–H groups in total. The zero-order valence-corrected chi connectivity index (χ0v) is 12.3. The summed E-state index contributed by atoms with van der Waals surface area (Å²) >= 11 is 0. The molecule has 0 spiro atoms. The minimum absolute atomic E-state index is 0.627. The van der Waals surface area contributed by atoms with E-state index in [0.29, 0.717) is 5.92 Å². The normalized spacial score (nSPS) is 51.8. The summed E-state index contributed by atoms with van der Waals surface area (Å²) < 4.78 is 0. The second-order valence-corrected chi connectivity index (χ2v) is 7.26. The van der Waals surface area contributed by atoms with Crippen molar-refractivity contribution in [3.8, 4) is 0 Å². The average molecular weight is 258 g/mol. The molecule has 0 aromatic carbocycles. The molecule has 7 atom stereocenters. The highest BCUT2D eigenvalue weighted by Gasteiger charge is 2.53. The maximum absolute atomic E-state index is 4.92. The summed E-state index contributed by atoms with van der Waals surface area (Å²) in [7, 11) is 0. The Bertz CT molecular complexity index is 439. The molecule has 0 aromatic rings. The Balaban J connectivity index is 1.74. The summed E-state index contributed by atoms with van der Waals surface area (Å²) in [4.78, 5) is 7.74. The van der Waals surface area contributed by atoms with Crippen LogP contribution in [0.1, 0.15) is 33.1 Å². The summed E-state index contributed by atoms with van der Waals surface area (Å²) in [5.74, 6) is 4.11. The standard InChI is InChI=1S/C17H26N2/c1-4-13-11(3)12-7-15-16-14(10(2)8-18-16)5-6-19(9-12)17(13)15/h11-15,17H,2,4-9H2,1,3H3. The molecule has 1 aliphatic carbocycles. The molecule has 5 rings (SSSR count). The van der Waals surface area contributed by atoms with Crippen LogP contribution < -0.4 is 0 Å². The zero-order chi connectivity index (χ0) is 13.1. The van der Waals surface area contributed by atoms with Gasteiger partial charge in [0, 0.05) is 30.1 Å². The van der Waals surface area contributed by atoms with Crippen molar-refractivity contribution >= 4 is 5.71 Å². The third-order valence-corrected chi connectivity index (χ3v) is 6.59. The number of aliphatic imine (C=N–C) groups is 1. The lowest BCUT2D eigenvalue weighted by atomic mass is 9.59. The lowest BCUT2D eigenvalue weighted by Gasteiger charge is -2.56. The van der Waals surface area contributed by atoms with Crippen molar-refractivity contribution in [3.05, 3.63) is 12.2 Å². The molecule has 104 valence electrons. The molecule has 2 nitrogen and oxygen atoms in total. The zero-order valence-electron chi connectivity index (χ0n) is 12.3. The third-order valence-electron chi connectivity index (χ3n) is 6.59. The second kappa shape index (κ2) is 4.18. The first kappa shape index (κ1) is 12.1. The number of piperidine rings is 2. The predicted molar refractivity (Wildman–Crippen MR) is 79.5 cm³/mol. The number of nitrogens with zero attached hydrogens (tertiary/aromatic N) is 2. The number of rotatable bonds is 1. The number of hydrogen-bond donors (Lipinski definition) is 0. The quantitative estimate of drug-likeness (QED) is 0.660. The SMILES string of the molecule is C=C1CN=C2C1CCN1CC3CC2C1C(CC)C3C. The summed E-state index contributed by atoms with van der Waals surface area (Å²) in [6.45, 7) is 12.7. The molecule has 3 saturated heterocycles. The van der Waals surface area contributed by atoms with E-state index in [4.69, 9.17) is 4.99 Å². The second-order valence-electron chi connectivity index (χ2n) is 7.26. The molecule has 19 heavy (non-hydrogen) atoms. The molecular formula is C17H26N2. The van der Waals surface area contributed by atoms with Gasteiger partial charge in [-0.3, -0.25) is 9.89 Å². The smallest absolute Gasteiger partial charge is 0.0603 e. The molecular weight excluding hydrogens is 232 g/mol. The van der Waals surface area contributed by atoms with Crippen molar-refractivity contribution in [2.75, 3.05) is 19.6 Å². The minimum Gasteiger partial charge on any atom is -0.299 e. The van der Waals surface area contributed by atoms with E-state index in [-0.39, 0.29) is 0 Å². The Kier molecular flexibility index (Phi) is 2.67. The van der Waals surface area contributed by atoms with Gasteiger partial charge in [-0.15, -0.1) is 0 Å². The van der Waals surface area contributed by atoms with E-state index < -0.39 is 0 Å². The fourth-order valence-electron chi connectivity index (χ4n) is 5.62. The van der Waals surface area contributed by atoms with Gasteiger partial charge in [-0.2, -0.15) is 0 Å². The van der Waals surface area contributed by atoms with Gasteiger partial charge in [0.25, 0.3) is 0 Å². The van der Waals surface area contributed by atoms with E-state index in [9.17, 15) is 0 Å². The number of fused-ring (bicyclic) bond motifs is 2. The Morgan fingerprint density at radius 2 is 2.26 bits per heavy atom. The summed E-state index contributed by atoms with van der Waals surface area (Å²) in [6.07, 6.45) is 4.03. The first-order valence-corrected chi connectivity index (χ1v) is 8.16. The van der Waals surface area contributed by atoms with E-state index in [1.165, 1.54) is 37.9 Å². The Morgan fingerprint density at radius 1 is 1.42 bits per heavy atom. The molecule has 4 aliphatic heterocycles. The summed E-state index contributed by atoms with van der Waals surface area (Å²) in [6, 6.07) is 0.791. The van der Waals surface area contributed by atoms with E-state index in [0.717, 1.165) is 36.3 Å². The van der Waals surface area contributed by atoms with Crippen molar-refractivity contribution in [2.45, 2.75) is 39.2 Å². The maximum Gasteiger partial charge on any atom is 0.0603 e. The molecule has 2 heteroatoms. The van der Waals surface area contributed by atoms with Crippen LogP contribution in [0.25, 0.3) is 0 Å². The fourth-order valence-corrected chi connectivity index (χ4v) is 5.62. The lowest BCUT2D eigenvalue weighted by Crippen LogP contribution is -2.61. The van der Waals surface area contributed by atoms with Gasteiger partial charge in [-0.25, -0.2) is 0 Å². The number of hydrogen-bond acceptors (Lipinski definition) is 2. The average Bonchev–Trinajstić information content (AvgIpc) is 2.74. The molecule has 4 bridgehead atoms. The van der Waals surface area contributed by atoms with Gasteiger partial charge in [0.15, 0.2) is 0 Å². The molecule has 0 amide bonds. The largest absolute Gasteiger partial charge is 0.299 e. The third kappa shape index (κ3) is 1.55. The first-order chi connectivity index (χ1) is 9.20. The van der Waals surface area contributed by atoms with E-state index in [2.05, 4.69) is 25.3 Å². The van der Waals surface area contributed by atoms with Crippen molar-refractivity contribution in [1.29, 1.82) is 0 Å². The van der Waals surface area contributed by atoms with Crippen molar-refractivity contribution < 1.29 is 0 Å². The van der Waals surface area contributed by atoms with Crippen LogP contribution in [-0.4, -0.2) is 36.3 Å². The highest BCUT2D eigenvalue weighted by Crippen LogP contribution is 2.51. The van der Waals surface area contributed by atoms with E-state index in [1.54, 1.807) is 5.71 Å². The predicted octanol–water partition coefficient (Wildman–Crippen LogP) is 3.00. The van der Waals surface area contributed by atoms with Crippen LogP contribution in [0.2, 0.25) is 0 Å². The van der Waals surface area contributed by atoms with Gasteiger partial charge in [0.2, 0.25) is 0 Å². The van der Waals surface area contributed by atoms with Gasteiger partial charge < -0.3 is 0 Å². The van der Waals surface area contributed by atoms with Gasteiger partial charge in [-0.1, -0.05) is 26.8 Å². The van der Waals surface area contributed by atoms with Crippen LogP contribution in [0.3, 0.4) is 0 Å². The van der Waals surface area contributed by atoms with Gasteiger partial charge in [-0.05, 0) is 42.7 Å². The monoisotopic (exact) mass is 258 g/mol.